The number of nitrogens with zero attached hydrogens (tertiary/aromatic N) is 2. The van der Waals surface area contributed by atoms with Gasteiger partial charge in [-0.1, -0.05) is 23.2 Å². The lowest BCUT2D eigenvalue weighted by molar-refractivity contribution is -0.385. The van der Waals surface area contributed by atoms with Crippen molar-refractivity contribution in [2.24, 2.45) is 0 Å². The minimum atomic E-state index is -0.603. The van der Waals surface area contributed by atoms with Crippen LogP contribution in [0.3, 0.4) is 0 Å². The van der Waals surface area contributed by atoms with Gasteiger partial charge < -0.3 is 4.74 Å². The number of nitro benzene ring substituents is 1. The van der Waals surface area contributed by atoms with Gasteiger partial charge in [0.05, 0.1) is 19.4 Å². The Hall–Kier alpha value is -1.37. The molecule has 19 heavy (non-hydrogen) atoms. The zero-order valence-corrected chi connectivity index (χ0v) is 12.2. The summed E-state index contributed by atoms with van der Waals surface area (Å²) in [6.45, 7) is 0. The van der Waals surface area contributed by atoms with E-state index in [4.69, 9.17) is 27.9 Å². The normalized spacial score (nSPS) is 10.3. The highest BCUT2D eigenvalue weighted by Gasteiger charge is 2.20. The summed E-state index contributed by atoms with van der Waals surface area (Å²) in [5.74, 6) is 0.169. The fourth-order valence-electron chi connectivity index (χ4n) is 1.29. The van der Waals surface area contributed by atoms with Crippen LogP contribution < -0.4 is 4.74 Å². The number of hydrogen-bond acceptors (Lipinski definition) is 4. The van der Waals surface area contributed by atoms with Gasteiger partial charge in [-0.05, 0) is 28.1 Å². The molecule has 1 heterocycles. The molecule has 0 N–H and O–H groups in total. The minimum absolute atomic E-state index is 0.0289. The van der Waals surface area contributed by atoms with Gasteiger partial charge in [-0.3, -0.25) is 10.1 Å². The Kier molecular flexibility index (Phi) is 4.24. The van der Waals surface area contributed by atoms with Crippen LogP contribution in [0.4, 0.5) is 5.69 Å². The smallest absolute Gasteiger partial charge is 0.313 e. The molecular formula is C11H5BrCl2N2O3. The molecule has 0 bridgehead atoms. The highest BCUT2D eigenvalue weighted by molar-refractivity contribution is 9.10. The van der Waals surface area contributed by atoms with E-state index in [0.717, 1.165) is 6.07 Å². The second kappa shape index (κ2) is 5.73. The van der Waals surface area contributed by atoms with E-state index in [-0.39, 0.29) is 27.4 Å². The molecule has 5 nitrogen and oxygen atoms in total. The largest absolute Gasteiger partial charge is 0.431 e. The molecule has 2 rings (SSSR count). The average molecular weight is 364 g/mol. The monoisotopic (exact) mass is 362 g/mol. The third-order valence-electron chi connectivity index (χ3n) is 2.13. The number of halogens is 3. The first-order valence-electron chi connectivity index (χ1n) is 4.91. The van der Waals surface area contributed by atoms with E-state index in [9.17, 15) is 10.1 Å². The van der Waals surface area contributed by atoms with Crippen molar-refractivity contribution in [1.82, 2.24) is 4.98 Å². The summed E-state index contributed by atoms with van der Waals surface area (Å²) >= 11 is 14.8. The maximum Gasteiger partial charge on any atom is 0.313 e. The molecule has 2 aromatic rings. The summed E-state index contributed by atoms with van der Waals surface area (Å²) in [5.41, 5.74) is -0.285. The fourth-order valence-corrected chi connectivity index (χ4v) is 1.94. The van der Waals surface area contributed by atoms with Crippen molar-refractivity contribution in [3.8, 4) is 11.6 Å². The number of benzene rings is 1. The van der Waals surface area contributed by atoms with Crippen molar-refractivity contribution in [3.05, 3.63) is 55.1 Å². The zero-order valence-electron chi connectivity index (χ0n) is 9.14. The summed E-state index contributed by atoms with van der Waals surface area (Å²) in [6.07, 6.45) is 1.50. The first-order valence-corrected chi connectivity index (χ1v) is 6.45. The van der Waals surface area contributed by atoms with Crippen molar-refractivity contribution in [3.63, 3.8) is 0 Å². The molecule has 0 aliphatic rings. The summed E-state index contributed by atoms with van der Waals surface area (Å²) in [4.78, 5) is 14.3. The van der Waals surface area contributed by atoms with E-state index < -0.39 is 4.92 Å². The van der Waals surface area contributed by atoms with E-state index in [1.165, 1.54) is 12.3 Å². The molecule has 0 amide bonds. The van der Waals surface area contributed by atoms with Gasteiger partial charge in [0.1, 0.15) is 0 Å². The Labute approximate surface area is 126 Å². The first kappa shape index (κ1) is 14.0. The van der Waals surface area contributed by atoms with Crippen molar-refractivity contribution < 1.29 is 9.66 Å². The highest BCUT2D eigenvalue weighted by Crippen LogP contribution is 2.38. The summed E-state index contributed by atoms with van der Waals surface area (Å²) in [7, 11) is 0. The van der Waals surface area contributed by atoms with Gasteiger partial charge in [-0.2, -0.15) is 0 Å². The maximum atomic E-state index is 11.0. The fraction of sp³-hybridized carbons (Fsp3) is 0. The molecule has 0 radical (unpaired) electrons. The van der Waals surface area contributed by atoms with Crippen LogP contribution in [-0.2, 0) is 0 Å². The van der Waals surface area contributed by atoms with Gasteiger partial charge in [-0.25, -0.2) is 4.98 Å². The Balaban J connectivity index is 2.48. The van der Waals surface area contributed by atoms with Gasteiger partial charge in [0.25, 0.3) is 0 Å². The lowest BCUT2D eigenvalue weighted by Crippen LogP contribution is -1.95. The van der Waals surface area contributed by atoms with Crippen LogP contribution >= 0.6 is 39.1 Å². The molecule has 1 aromatic heterocycles. The number of pyridine rings is 1. The van der Waals surface area contributed by atoms with Crippen molar-refractivity contribution in [1.29, 1.82) is 0 Å². The predicted molar refractivity (Wildman–Crippen MR) is 75.1 cm³/mol. The van der Waals surface area contributed by atoms with Crippen LogP contribution in [0.25, 0.3) is 0 Å². The molecule has 0 atom stereocenters. The van der Waals surface area contributed by atoms with Crippen molar-refractivity contribution in [2.75, 3.05) is 0 Å². The van der Waals surface area contributed by atoms with Crippen LogP contribution in [0.5, 0.6) is 11.6 Å². The van der Waals surface area contributed by atoms with E-state index in [1.54, 1.807) is 12.1 Å². The van der Waals surface area contributed by atoms with E-state index in [1.807, 2.05) is 0 Å². The number of hydrogen-bond donors (Lipinski definition) is 0. The topological polar surface area (TPSA) is 65.3 Å². The highest BCUT2D eigenvalue weighted by atomic mass is 79.9. The third-order valence-corrected chi connectivity index (χ3v) is 3.46. The minimum Gasteiger partial charge on any atom is -0.431 e. The SMILES string of the molecule is O=[N+]([O-])c1cc(Cl)c(Cl)cc1Oc1ncccc1Br. The quantitative estimate of drug-likeness (QED) is 0.577. The molecular weight excluding hydrogens is 359 g/mol. The molecule has 0 fully saturated rings. The Morgan fingerprint density at radius 2 is 2.00 bits per heavy atom. The molecule has 8 heteroatoms. The number of ether oxygens (including phenoxy) is 1. The van der Waals surface area contributed by atoms with Gasteiger partial charge in [0, 0.05) is 18.3 Å². The molecule has 0 aliphatic carbocycles. The van der Waals surface area contributed by atoms with Crippen LogP contribution in [0.1, 0.15) is 0 Å². The maximum absolute atomic E-state index is 11.0. The molecule has 0 aliphatic heterocycles. The van der Waals surface area contributed by atoms with Gasteiger partial charge in [0.2, 0.25) is 11.6 Å². The van der Waals surface area contributed by atoms with E-state index in [2.05, 4.69) is 20.9 Å². The van der Waals surface area contributed by atoms with Crippen LogP contribution in [0.15, 0.2) is 34.9 Å². The lowest BCUT2D eigenvalue weighted by Gasteiger charge is -2.07. The molecule has 98 valence electrons. The predicted octanol–water partition coefficient (Wildman–Crippen LogP) is 4.85. The summed E-state index contributed by atoms with van der Waals surface area (Å²) < 4.78 is 5.96. The zero-order chi connectivity index (χ0) is 14.0. The Bertz CT molecular complexity index is 652. The molecule has 0 spiro atoms. The number of aromatic nitrogens is 1. The second-order valence-electron chi connectivity index (χ2n) is 3.38. The molecule has 0 saturated carbocycles. The number of nitro groups is 1. The Morgan fingerprint density at radius 1 is 1.32 bits per heavy atom. The van der Waals surface area contributed by atoms with Crippen LogP contribution in [-0.4, -0.2) is 9.91 Å². The summed E-state index contributed by atoms with van der Waals surface area (Å²) in [5, 5.41) is 11.2. The summed E-state index contributed by atoms with van der Waals surface area (Å²) in [6, 6.07) is 5.81. The van der Waals surface area contributed by atoms with Crippen molar-refractivity contribution >= 4 is 44.8 Å². The van der Waals surface area contributed by atoms with E-state index in [0.29, 0.717) is 4.47 Å². The third kappa shape index (κ3) is 3.15. The standard InChI is InChI=1S/C11H5BrCl2N2O3/c12-6-2-1-3-15-11(6)19-10-5-8(14)7(13)4-9(10)16(17)18/h1-5H. The van der Waals surface area contributed by atoms with Crippen LogP contribution in [0, 0.1) is 10.1 Å². The molecule has 0 unspecified atom stereocenters. The van der Waals surface area contributed by atoms with Gasteiger partial charge >= 0.3 is 5.69 Å². The molecule has 0 saturated heterocycles. The lowest BCUT2D eigenvalue weighted by atomic mass is 10.3. The number of rotatable bonds is 3. The van der Waals surface area contributed by atoms with Gasteiger partial charge in [0.15, 0.2) is 0 Å². The van der Waals surface area contributed by atoms with E-state index >= 15 is 0 Å². The van der Waals surface area contributed by atoms with Gasteiger partial charge in [-0.15, -0.1) is 0 Å². The molecule has 1 aromatic carbocycles. The average Bonchev–Trinajstić information content (AvgIpc) is 2.36. The van der Waals surface area contributed by atoms with Crippen LogP contribution in [0.2, 0.25) is 10.0 Å². The second-order valence-corrected chi connectivity index (χ2v) is 5.05. The van der Waals surface area contributed by atoms with Crippen molar-refractivity contribution in [2.45, 2.75) is 0 Å². The Morgan fingerprint density at radius 3 is 2.63 bits per heavy atom. The first-order chi connectivity index (χ1) is 8.99.